The van der Waals surface area contributed by atoms with Crippen LogP contribution in [-0.2, 0) is 19.6 Å². The molecule has 3 rings (SSSR count). The molecule has 10 nitrogen and oxygen atoms in total. The summed E-state index contributed by atoms with van der Waals surface area (Å²) in [5.41, 5.74) is 5.68. The Hall–Kier alpha value is -1.83. The molecule has 2 fully saturated rings. The highest BCUT2D eigenvalue weighted by Crippen LogP contribution is 2.35. The van der Waals surface area contributed by atoms with E-state index in [1.165, 1.54) is 9.80 Å². The second-order valence-corrected chi connectivity index (χ2v) is 10.1. The van der Waals surface area contributed by atoms with Crippen molar-refractivity contribution in [3.63, 3.8) is 0 Å². The normalized spacial score (nSPS) is 19.1. The molecule has 33 heavy (non-hydrogen) atoms. The number of anilines is 1. The average molecular weight is 506 g/mol. The minimum atomic E-state index is -4.44. The van der Waals surface area contributed by atoms with Gasteiger partial charge in [-0.1, -0.05) is 11.6 Å². The number of rotatable bonds is 8. The van der Waals surface area contributed by atoms with Crippen LogP contribution in [-0.4, -0.2) is 93.6 Å². The van der Waals surface area contributed by atoms with E-state index in [9.17, 15) is 22.4 Å². The molecule has 0 spiro atoms. The Labute approximate surface area is 197 Å². The number of piperidine rings is 1. The number of nitrogens with two attached hydrogens (primary N) is 1. The first-order chi connectivity index (χ1) is 15.7. The van der Waals surface area contributed by atoms with Crippen molar-refractivity contribution in [2.75, 3.05) is 57.3 Å². The molecule has 2 aliphatic heterocycles. The lowest BCUT2D eigenvalue weighted by Crippen LogP contribution is -2.57. The molecule has 0 unspecified atom stereocenters. The molecule has 0 aliphatic carbocycles. The Morgan fingerprint density at radius 3 is 2.52 bits per heavy atom. The number of aliphatic hydroxyl groups is 1. The van der Waals surface area contributed by atoms with Crippen molar-refractivity contribution in [1.82, 2.24) is 14.5 Å². The number of carbonyl (C=O) groups excluding carboxylic acids is 2. The highest BCUT2D eigenvalue weighted by atomic mass is 35.5. The van der Waals surface area contributed by atoms with E-state index in [1.807, 2.05) is 4.90 Å². The summed E-state index contributed by atoms with van der Waals surface area (Å²) in [6, 6.07) is 0.523. The molecular formula is C20H29ClFN5O5S. The summed E-state index contributed by atoms with van der Waals surface area (Å²) in [5.74, 6) is -1.63. The zero-order valence-electron chi connectivity index (χ0n) is 18.2. The average Bonchev–Trinajstić information content (AvgIpc) is 2.79. The van der Waals surface area contributed by atoms with E-state index in [0.29, 0.717) is 52.1 Å². The highest BCUT2D eigenvalue weighted by Gasteiger charge is 2.33. The molecule has 2 amide bonds. The van der Waals surface area contributed by atoms with Crippen LogP contribution in [0.15, 0.2) is 17.0 Å². The first-order valence-electron chi connectivity index (χ1n) is 10.8. The number of β-amino-alcohol motifs (C(OH)–C–C–N with tert-alkyl or cyclic N) is 1. The molecule has 1 aromatic rings. The largest absolute Gasteiger partial charge is 0.395 e. The zero-order chi connectivity index (χ0) is 24.2. The molecule has 0 radical (unpaired) electrons. The van der Waals surface area contributed by atoms with Gasteiger partial charge in [0.15, 0.2) is 0 Å². The third-order valence-corrected chi connectivity index (χ3v) is 7.83. The molecule has 184 valence electrons. The maximum Gasteiger partial charge on any atom is 0.243 e. The number of piperazine rings is 1. The number of aliphatic hydroxyl groups excluding tert-OH is 1. The van der Waals surface area contributed by atoms with Gasteiger partial charge in [0.05, 0.1) is 17.3 Å². The number of carbonyl (C=O) groups is 2. The molecule has 0 bridgehead atoms. The fourth-order valence-corrected chi connectivity index (χ4v) is 5.83. The van der Waals surface area contributed by atoms with Crippen molar-refractivity contribution in [3.05, 3.63) is 23.0 Å². The SMILES string of the molecule is NC[C@H](NS(=O)(=O)c1cc(F)cc(N2CCCCC2=O)c1Cl)C(=O)N1CCN(CCO)CC1. The van der Waals surface area contributed by atoms with Gasteiger partial charge in [0, 0.05) is 52.2 Å². The molecule has 0 saturated carbocycles. The Morgan fingerprint density at radius 2 is 1.91 bits per heavy atom. The van der Waals surface area contributed by atoms with Crippen LogP contribution in [0.3, 0.4) is 0 Å². The van der Waals surface area contributed by atoms with Gasteiger partial charge in [-0.25, -0.2) is 12.8 Å². The van der Waals surface area contributed by atoms with E-state index in [2.05, 4.69) is 4.72 Å². The van der Waals surface area contributed by atoms with Gasteiger partial charge in [0.1, 0.15) is 16.8 Å². The zero-order valence-corrected chi connectivity index (χ0v) is 19.7. The van der Waals surface area contributed by atoms with Crippen LogP contribution in [0.4, 0.5) is 10.1 Å². The maximum absolute atomic E-state index is 14.4. The second kappa shape index (κ2) is 11.1. The first-order valence-corrected chi connectivity index (χ1v) is 12.7. The van der Waals surface area contributed by atoms with Gasteiger partial charge in [-0.3, -0.25) is 14.5 Å². The van der Waals surface area contributed by atoms with Crippen LogP contribution in [0.5, 0.6) is 0 Å². The fourth-order valence-electron chi connectivity index (χ4n) is 4.01. The van der Waals surface area contributed by atoms with Crippen molar-refractivity contribution in [1.29, 1.82) is 0 Å². The van der Waals surface area contributed by atoms with Crippen molar-refractivity contribution < 1.29 is 27.5 Å². The Morgan fingerprint density at radius 1 is 1.21 bits per heavy atom. The van der Waals surface area contributed by atoms with Crippen LogP contribution >= 0.6 is 11.6 Å². The number of sulfonamides is 1. The van der Waals surface area contributed by atoms with Gasteiger partial charge in [-0.15, -0.1) is 0 Å². The minimum absolute atomic E-state index is 0.0125. The van der Waals surface area contributed by atoms with E-state index in [4.69, 9.17) is 22.4 Å². The van der Waals surface area contributed by atoms with E-state index in [-0.39, 0.29) is 36.2 Å². The van der Waals surface area contributed by atoms with Gasteiger partial charge in [0.25, 0.3) is 0 Å². The van der Waals surface area contributed by atoms with Gasteiger partial charge in [-0.05, 0) is 25.0 Å². The summed E-state index contributed by atoms with van der Waals surface area (Å²) in [7, 11) is -4.44. The maximum atomic E-state index is 14.4. The molecule has 13 heteroatoms. The molecule has 4 N–H and O–H groups in total. The standard InChI is InChI=1S/C20H29ClFN5O5S/c21-19-16(27-4-2-1-3-18(27)29)11-14(22)12-17(19)33(31,32)24-15(13-23)20(30)26-7-5-25(6-8-26)9-10-28/h11-12,15,24,28H,1-10,13,23H2/t15-/m0/s1. The van der Waals surface area contributed by atoms with E-state index >= 15 is 0 Å². The van der Waals surface area contributed by atoms with Crippen molar-refractivity contribution in [2.24, 2.45) is 5.73 Å². The molecule has 1 aromatic carbocycles. The quantitative estimate of drug-likeness (QED) is 0.442. The lowest BCUT2D eigenvalue weighted by atomic mass is 10.1. The van der Waals surface area contributed by atoms with Crippen LogP contribution in [0, 0.1) is 5.82 Å². The molecular weight excluding hydrogens is 477 g/mol. The summed E-state index contributed by atoms with van der Waals surface area (Å²) >= 11 is 6.33. The summed E-state index contributed by atoms with van der Waals surface area (Å²) in [6.07, 6.45) is 1.65. The summed E-state index contributed by atoms with van der Waals surface area (Å²) in [5, 5.41) is 8.75. The number of nitrogens with one attached hydrogen (secondary N) is 1. The van der Waals surface area contributed by atoms with Crippen molar-refractivity contribution in [2.45, 2.75) is 30.2 Å². The molecule has 1 atom stereocenters. The van der Waals surface area contributed by atoms with E-state index in [0.717, 1.165) is 12.1 Å². The van der Waals surface area contributed by atoms with E-state index < -0.39 is 32.7 Å². The third-order valence-electron chi connectivity index (χ3n) is 5.82. The van der Waals surface area contributed by atoms with Gasteiger partial charge < -0.3 is 20.6 Å². The van der Waals surface area contributed by atoms with Crippen LogP contribution in [0.25, 0.3) is 0 Å². The number of benzene rings is 1. The summed E-state index contributed by atoms with van der Waals surface area (Å²) < 4.78 is 42.8. The molecule has 2 saturated heterocycles. The molecule has 2 aliphatic rings. The van der Waals surface area contributed by atoms with Crippen LogP contribution < -0.4 is 15.4 Å². The predicted octanol–water partition coefficient (Wildman–Crippen LogP) is -0.262. The van der Waals surface area contributed by atoms with Crippen LogP contribution in [0.2, 0.25) is 5.02 Å². The number of hydrogen-bond donors (Lipinski definition) is 3. The predicted molar refractivity (Wildman–Crippen MR) is 121 cm³/mol. The first kappa shape index (κ1) is 25.8. The molecule has 0 aromatic heterocycles. The van der Waals surface area contributed by atoms with Crippen LogP contribution in [0.1, 0.15) is 19.3 Å². The number of hydrogen-bond acceptors (Lipinski definition) is 7. The van der Waals surface area contributed by atoms with Crippen molar-refractivity contribution >= 4 is 39.1 Å². The molecule has 2 heterocycles. The Kier molecular flexibility index (Phi) is 8.65. The van der Waals surface area contributed by atoms with Gasteiger partial charge >= 0.3 is 0 Å². The van der Waals surface area contributed by atoms with E-state index in [1.54, 1.807) is 0 Å². The number of halogens is 2. The van der Waals surface area contributed by atoms with Crippen molar-refractivity contribution in [3.8, 4) is 0 Å². The summed E-state index contributed by atoms with van der Waals surface area (Å²) in [4.78, 5) is 29.4. The summed E-state index contributed by atoms with van der Waals surface area (Å²) in [6.45, 7) is 2.31. The number of nitrogens with zero attached hydrogens (tertiary/aromatic N) is 3. The lowest BCUT2D eigenvalue weighted by molar-refractivity contribution is -0.134. The monoisotopic (exact) mass is 505 g/mol. The topological polar surface area (TPSA) is 136 Å². The highest BCUT2D eigenvalue weighted by molar-refractivity contribution is 7.89. The smallest absolute Gasteiger partial charge is 0.243 e. The Bertz CT molecular complexity index is 987. The fraction of sp³-hybridized carbons (Fsp3) is 0.600. The Balaban J connectivity index is 1.80. The van der Waals surface area contributed by atoms with Gasteiger partial charge in [0.2, 0.25) is 21.8 Å². The van der Waals surface area contributed by atoms with Gasteiger partial charge in [-0.2, -0.15) is 4.72 Å². The number of amides is 2. The second-order valence-electron chi connectivity index (χ2n) is 8.04. The lowest BCUT2D eigenvalue weighted by Gasteiger charge is -2.36. The minimum Gasteiger partial charge on any atom is -0.395 e. The third kappa shape index (κ3) is 6.00.